The van der Waals surface area contributed by atoms with Gasteiger partial charge in [-0.05, 0) is 128 Å². The van der Waals surface area contributed by atoms with Gasteiger partial charge in [-0.25, -0.2) is 4.79 Å². The van der Waals surface area contributed by atoms with Gasteiger partial charge >= 0.3 is 35.5 Å². The molecular formula is C51H67N2NaO10. The molecule has 7 rings (SSSR count). The van der Waals surface area contributed by atoms with Gasteiger partial charge in [0.25, 0.3) is 11.8 Å². The van der Waals surface area contributed by atoms with Crippen molar-refractivity contribution in [1.82, 2.24) is 10.6 Å². The number of amides is 2. The van der Waals surface area contributed by atoms with Crippen LogP contribution in [0.25, 0.3) is 12.2 Å². The van der Waals surface area contributed by atoms with Crippen molar-refractivity contribution >= 4 is 29.9 Å². The monoisotopic (exact) mass is 890 g/mol. The van der Waals surface area contributed by atoms with Crippen molar-refractivity contribution in [3.63, 3.8) is 0 Å². The molecule has 2 unspecified atom stereocenters. The SMILES string of the molecule is Cc1cc(C)c2c(c1)/C=C/C[C@@H]1OC(C)(C)OC1C/C=C\CCNC2=O.Cc1cc(C)c2c(c1)/C=C/C[C@@H]1OC(C)(C)OC1C/C=C\CCNC2=O.O.O=C(O)c1ccccc1.[Na+].[OH-]. The molecule has 3 aromatic carbocycles. The Kier molecular flexibility index (Phi) is 22.8. The maximum absolute atomic E-state index is 12.7. The second-order valence-corrected chi connectivity index (χ2v) is 17.0. The molecule has 342 valence electrons. The van der Waals surface area contributed by atoms with E-state index in [4.69, 9.17) is 24.1 Å². The van der Waals surface area contributed by atoms with E-state index in [0.717, 1.165) is 83.0 Å². The van der Waals surface area contributed by atoms with Crippen molar-refractivity contribution in [2.45, 2.75) is 130 Å². The average Bonchev–Trinajstić information content (AvgIpc) is 3.65. The smallest absolute Gasteiger partial charge is 0.870 e. The van der Waals surface area contributed by atoms with Gasteiger partial charge in [0.15, 0.2) is 11.6 Å². The molecule has 0 aromatic heterocycles. The summed E-state index contributed by atoms with van der Waals surface area (Å²) in [5.74, 6) is -1.99. The zero-order valence-corrected chi connectivity index (χ0v) is 41.0. The van der Waals surface area contributed by atoms with E-state index in [1.54, 1.807) is 30.3 Å². The van der Waals surface area contributed by atoms with Crippen LogP contribution in [0.5, 0.6) is 0 Å². The Balaban J connectivity index is 0.000000355. The van der Waals surface area contributed by atoms with E-state index in [2.05, 4.69) is 85.2 Å². The van der Waals surface area contributed by atoms with Crippen LogP contribution in [-0.4, -0.2) is 82.9 Å². The molecule has 2 fully saturated rings. The van der Waals surface area contributed by atoms with Crippen LogP contribution >= 0.6 is 0 Å². The summed E-state index contributed by atoms with van der Waals surface area (Å²) in [6.45, 7) is 17.2. The Morgan fingerprint density at radius 3 is 1.30 bits per heavy atom. The Bertz CT molecular complexity index is 2000. The fourth-order valence-corrected chi connectivity index (χ4v) is 8.15. The van der Waals surface area contributed by atoms with Crippen LogP contribution < -0.4 is 40.2 Å². The van der Waals surface area contributed by atoms with Crippen LogP contribution in [0.15, 0.2) is 91.1 Å². The van der Waals surface area contributed by atoms with Crippen molar-refractivity contribution in [3.8, 4) is 0 Å². The quantitative estimate of drug-likeness (QED) is 0.194. The van der Waals surface area contributed by atoms with Gasteiger partial charge in [-0.1, -0.05) is 102 Å². The minimum atomic E-state index is -0.879. The van der Waals surface area contributed by atoms with Crippen LogP contribution in [0.3, 0.4) is 0 Å². The van der Waals surface area contributed by atoms with E-state index < -0.39 is 17.5 Å². The second-order valence-electron chi connectivity index (χ2n) is 17.0. The largest absolute Gasteiger partial charge is 1.00 e. The number of hydrogen-bond acceptors (Lipinski definition) is 8. The summed E-state index contributed by atoms with van der Waals surface area (Å²) in [7, 11) is 0. The normalized spacial score (nSPS) is 24.3. The number of carbonyl (C=O) groups excluding carboxylic acids is 2. The van der Waals surface area contributed by atoms with Crippen molar-refractivity contribution in [1.29, 1.82) is 0 Å². The van der Waals surface area contributed by atoms with Gasteiger partial charge in [0.1, 0.15) is 0 Å². The van der Waals surface area contributed by atoms with E-state index in [0.29, 0.717) is 18.7 Å². The molecule has 2 saturated heterocycles. The summed E-state index contributed by atoms with van der Waals surface area (Å²) in [5, 5.41) is 14.4. The number of aromatic carboxylic acids is 1. The maximum atomic E-state index is 12.7. The van der Waals surface area contributed by atoms with Crippen LogP contribution in [0.1, 0.15) is 131 Å². The van der Waals surface area contributed by atoms with Gasteiger partial charge in [-0.15, -0.1) is 0 Å². The third-order valence-electron chi connectivity index (χ3n) is 10.7. The van der Waals surface area contributed by atoms with E-state index >= 15 is 0 Å². The first kappa shape index (κ1) is 55.9. The third kappa shape index (κ3) is 16.7. The zero-order valence-electron chi connectivity index (χ0n) is 39.0. The van der Waals surface area contributed by atoms with Crippen molar-refractivity contribution < 1.29 is 78.9 Å². The number of benzene rings is 3. The molecule has 4 aliphatic rings. The van der Waals surface area contributed by atoms with Crippen molar-refractivity contribution in [3.05, 3.63) is 141 Å². The molecule has 12 nitrogen and oxygen atoms in total. The summed E-state index contributed by atoms with van der Waals surface area (Å²) >= 11 is 0. The summed E-state index contributed by atoms with van der Waals surface area (Å²) in [6, 6.07) is 16.5. The van der Waals surface area contributed by atoms with E-state index in [9.17, 15) is 14.4 Å². The number of fused-ring (bicyclic) bond motifs is 4. The number of ether oxygens (including phenoxy) is 4. The molecule has 4 atom stereocenters. The Hall–Kier alpha value is -4.21. The van der Waals surface area contributed by atoms with Gasteiger partial charge < -0.3 is 45.6 Å². The second kappa shape index (κ2) is 26.1. The van der Waals surface area contributed by atoms with Gasteiger partial charge in [0, 0.05) is 24.2 Å². The Labute approximate surface area is 401 Å². The van der Waals surface area contributed by atoms with Crippen LogP contribution in [0.4, 0.5) is 0 Å². The topological polar surface area (TPSA) is 194 Å². The van der Waals surface area contributed by atoms with Gasteiger partial charge in [-0.3, -0.25) is 9.59 Å². The summed E-state index contributed by atoms with van der Waals surface area (Å²) in [4.78, 5) is 35.5. The van der Waals surface area contributed by atoms with Gasteiger partial charge in [0.05, 0.1) is 30.0 Å². The molecule has 2 amide bonds. The average molecular weight is 891 g/mol. The molecular weight excluding hydrogens is 824 g/mol. The number of carboxylic acid groups (broad SMARTS) is 1. The van der Waals surface area contributed by atoms with Crippen LogP contribution in [0, 0.1) is 27.7 Å². The first-order valence-electron chi connectivity index (χ1n) is 21.4. The maximum Gasteiger partial charge on any atom is 1.00 e. The zero-order chi connectivity index (χ0) is 44.2. The van der Waals surface area contributed by atoms with Crippen LogP contribution in [0.2, 0.25) is 0 Å². The molecule has 0 aliphatic carbocycles. The number of aryl methyl sites for hydroxylation is 4. The van der Waals surface area contributed by atoms with E-state index in [-0.39, 0.29) is 76.7 Å². The molecule has 13 heteroatoms. The van der Waals surface area contributed by atoms with Crippen molar-refractivity contribution in [2.75, 3.05) is 13.1 Å². The summed E-state index contributed by atoms with van der Waals surface area (Å²) in [5.41, 5.74) is 8.08. The van der Waals surface area contributed by atoms with E-state index in [1.165, 1.54) is 0 Å². The van der Waals surface area contributed by atoms with Gasteiger partial charge in [-0.2, -0.15) is 0 Å². The molecule has 0 spiro atoms. The predicted molar refractivity (Wildman–Crippen MR) is 247 cm³/mol. The molecule has 0 bridgehead atoms. The first-order chi connectivity index (χ1) is 29.0. The molecule has 6 N–H and O–H groups in total. The summed E-state index contributed by atoms with van der Waals surface area (Å²) < 4.78 is 24.3. The summed E-state index contributed by atoms with van der Waals surface area (Å²) in [6.07, 6.45) is 21.7. The standard InChI is InChI=1S/2C22H29NO3.C7H6O2.Na.2H2O/c2*1-15-13-16(2)20-17(14-15)9-8-11-19-18(25-22(3,4)26-19)10-6-5-7-12-23-21(20)24;8-7(9)6-4-2-1-3-5-6;;;/h2*5-6,8-9,13-14,18-19H,7,10-12H2,1-4H3,(H,23,24);1-5H,(H,8,9);;2*1H2/q;;;+1;;/p-1/b2*6-5-,9-8+;;;;/t2*18?,19-;;;;/m00..../s1. The number of nitrogens with one attached hydrogen (secondary N) is 2. The molecule has 4 heterocycles. The van der Waals surface area contributed by atoms with Crippen LogP contribution in [-0.2, 0) is 18.9 Å². The first-order valence-corrected chi connectivity index (χ1v) is 21.4. The molecule has 0 radical (unpaired) electrons. The Morgan fingerprint density at radius 1 is 0.594 bits per heavy atom. The Morgan fingerprint density at radius 2 is 0.953 bits per heavy atom. The molecule has 0 saturated carbocycles. The number of carbonyl (C=O) groups is 3. The fourth-order valence-electron chi connectivity index (χ4n) is 8.15. The fraction of sp³-hybridized carbons (Fsp3) is 0.431. The predicted octanol–water partition coefficient (Wildman–Crippen LogP) is 6.00. The van der Waals surface area contributed by atoms with Gasteiger partial charge in [0.2, 0.25) is 0 Å². The minimum absolute atomic E-state index is 0. The minimum Gasteiger partial charge on any atom is -0.870 e. The number of hydrogen-bond donors (Lipinski definition) is 3. The third-order valence-corrected chi connectivity index (χ3v) is 10.7. The number of carboxylic acids is 1. The molecule has 3 aromatic rings. The molecule has 4 aliphatic heterocycles. The molecule has 64 heavy (non-hydrogen) atoms. The van der Waals surface area contributed by atoms with E-state index in [1.807, 2.05) is 53.7 Å². The van der Waals surface area contributed by atoms with Crippen molar-refractivity contribution in [2.24, 2.45) is 0 Å². The number of rotatable bonds is 1.